The van der Waals surface area contributed by atoms with Crippen molar-refractivity contribution in [3.63, 3.8) is 0 Å². The molecule has 4 heteroatoms. The Hall–Kier alpha value is 0.170. The van der Waals surface area contributed by atoms with E-state index in [2.05, 4.69) is 30.9 Å². The van der Waals surface area contributed by atoms with E-state index in [-0.39, 0.29) is 5.54 Å². The molecular weight excluding hydrogens is 236 g/mol. The average molecular weight is 258 g/mol. The van der Waals surface area contributed by atoms with Gasteiger partial charge in [-0.25, -0.2) is 0 Å². The third kappa shape index (κ3) is 3.33. The van der Waals surface area contributed by atoms with Gasteiger partial charge in [0, 0.05) is 17.8 Å². The molecule has 2 fully saturated rings. The van der Waals surface area contributed by atoms with Crippen LogP contribution in [0.5, 0.6) is 0 Å². The second-order valence-electron chi connectivity index (χ2n) is 5.03. The van der Waals surface area contributed by atoms with Gasteiger partial charge in [0.25, 0.3) is 0 Å². The lowest BCUT2D eigenvalue weighted by Crippen LogP contribution is -2.39. The Labute approximate surface area is 107 Å². The van der Waals surface area contributed by atoms with Crippen LogP contribution in [0.3, 0.4) is 0 Å². The summed E-state index contributed by atoms with van der Waals surface area (Å²) in [6, 6.07) is 0. The number of hydrogen-bond donors (Lipinski definition) is 1. The number of hydrogen-bond acceptors (Lipinski definition) is 3. The van der Waals surface area contributed by atoms with Gasteiger partial charge in [-0.3, -0.25) is 4.99 Å². The number of amidine groups is 1. The lowest BCUT2D eigenvalue weighted by Gasteiger charge is -2.21. The van der Waals surface area contributed by atoms with Gasteiger partial charge in [-0.15, -0.1) is 0 Å². The molecule has 0 saturated carbocycles. The van der Waals surface area contributed by atoms with Crippen molar-refractivity contribution < 1.29 is 0 Å². The molecule has 92 valence electrons. The number of aliphatic imine (C=N–C) groups is 1. The molecule has 0 aromatic rings. The van der Waals surface area contributed by atoms with Crippen molar-refractivity contribution in [2.75, 3.05) is 23.8 Å². The van der Waals surface area contributed by atoms with Crippen molar-refractivity contribution in [3.05, 3.63) is 0 Å². The Balaban J connectivity index is 1.80. The van der Waals surface area contributed by atoms with Gasteiger partial charge in [-0.2, -0.15) is 11.8 Å². The predicted molar refractivity (Wildman–Crippen MR) is 76.6 cm³/mol. The van der Waals surface area contributed by atoms with E-state index in [9.17, 15) is 0 Å². The van der Waals surface area contributed by atoms with Crippen LogP contribution in [0.25, 0.3) is 0 Å². The van der Waals surface area contributed by atoms with E-state index in [0.717, 1.165) is 12.5 Å². The van der Waals surface area contributed by atoms with E-state index < -0.39 is 0 Å². The molecule has 0 radical (unpaired) electrons. The molecule has 2 aliphatic rings. The Kier molecular flexibility index (Phi) is 4.48. The molecule has 0 aliphatic carbocycles. The number of thioether (sulfide) groups is 2. The van der Waals surface area contributed by atoms with Crippen LogP contribution in [0, 0.1) is 5.92 Å². The molecular formula is C12H22N2S2. The fourth-order valence-electron chi connectivity index (χ4n) is 1.97. The number of nitrogens with one attached hydrogen (secondary N) is 1. The van der Waals surface area contributed by atoms with E-state index in [1.165, 1.54) is 41.7 Å². The van der Waals surface area contributed by atoms with Crippen molar-refractivity contribution >= 4 is 28.7 Å². The summed E-state index contributed by atoms with van der Waals surface area (Å²) in [6.07, 6.45) is 3.90. The van der Waals surface area contributed by atoms with Gasteiger partial charge in [-0.05, 0) is 43.6 Å². The van der Waals surface area contributed by atoms with Gasteiger partial charge in [0.1, 0.15) is 0 Å². The maximum atomic E-state index is 4.75. The molecule has 2 nitrogen and oxygen atoms in total. The summed E-state index contributed by atoms with van der Waals surface area (Å²) < 4.78 is 0. The smallest absolute Gasteiger partial charge is 0.157 e. The van der Waals surface area contributed by atoms with E-state index in [1.807, 2.05) is 11.8 Å². The Bertz CT molecular complexity index is 262. The minimum absolute atomic E-state index is 0.284. The third-order valence-corrected chi connectivity index (χ3v) is 5.89. The molecule has 0 amide bonds. The lowest BCUT2D eigenvalue weighted by molar-refractivity contribution is 0.463. The summed E-state index contributed by atoms with van der Waals surface area (Å²) in [5.41, 5.74) is 0.284. The van der Waals surface area contributed by atoms with Crippen molar-refractivity contribution in [1.29, 1.82) is 0 Å². The quantitative estimate of drug-likeness (QED) is 0.842. The highest BCUT2D eigenvalue weighted by Gasteiger charge is 2.30. The second-order valence-corrected chi connectivity index (χ2v) is 7.22. The van der Waals surface area contributed by atoms with Gasteiger partial charge < -0.3 is 5.32 Å². The topological polar surface area (TPSA) is 24.4 Å². The number of rotatable bonds is 3. The Morgan fingerprint density at radius 2 is 2.19 bits per heavy atom. The highest BCUT2D eigenvalue weighted by atomic mass is 32.2. The zero-order chi connectivity index (χ0) is 11.4. The Morgan fingerprint density at radius 3 is 2.81 bits per heavy atom. The van der Waals surface area contributed by atoms with Crippen molar-refractivity contribution in [2.45, 2.75) is 38.6 Å². The molecule has 0 aromatic heterocycles. The molecule has 0 aromatic carbocycles. The van der Waals surface area contributed by atoms with Crippen LogP contribution in [0.2, 0.25) is 0 Å². The normalized spacial score (nSPS) is 34.2. The maximum absolute atomic E-state index is 4.75. The molecule has 1 atom stereocenters. The van der Waals surface area contributed by atoms with E-state index >= 15 is 0 Å². The minimum Gasteiger partial charge on any atom is -0.359 e. The third-order valence-electron chi connectivity index (χ3n) is 3.55. The second kappa shape index (κ2) is 5.67. The van der Waals surface area contributed by atoms with Crippen LogP contribution < -0.4 is 5.32 Å². The first-order valence-electron chi connectivity index (χ1n) is 6.25. The molecule has 2 saturated heterocycles. The van der Waals surface area contributed by atoms with Crippen molar-refractivity contribution in [3.8, 4) is 0 Å². The van der Waals surface area contributed by atoms with Gasteiger partial charge in [0.2, 0.25) is 0 Å². The van der Waals surface area contributed by atoms with Crippen molar-refractivity contribution in [1.82, 2.24) is 5.32 Å². The zero-order valence-electron chi connectivity index (χ0n) is 10.3. The van der Waals surface area contributed by atoms with Gasteiger partial charge >= 0.3 is 0 Å². The molecule has 1 N–H and O–H groups in total. The monoisotopic (exact) mass is 258 g/mol. The van der Waals surface area contributed by atoms with Crippen LogP contribution in [-0.2, 0) is 0 Å². The molecule has 0 bridgehead atoms. The van der Waals surface area contributed by atoms with Crippen LogP contribution in [-0.4, -0.2) is 34.5 Å². The lowest BCUT2D eigenvalue weighted by atomic mass is 10.0. The van der Waals surface area contributed by atoms with Crippen LogP contribution in [0.4, 0.5) is 0 Å². The largest absolute Gasteiger partial charge is 0.359 e. The molecule has 0 spiro atoms. The van der Waals surface area contributed by atoms with Gasteiger partial charge in [0.15, 0.2) is 5.17 Å². The predicted octanol–water partition coefficient (Wildman–Crippen LogP) is 2.99. The summed E-state index contributed by atoms with van der Waals surface area (Å²) in [7, 11) is 0. The first kappa shape index (κ1) is 12.6. The standard InChI is InChI=1S/C12H22N2S2/c1-3-12(2)9-16-11(14-12)13-8-10-4-6-15-7-5-10/h10H,3-9H2,1-2H3,(H,13,14). The first-order chi connectivity index (χ1) is 7.72. The van der Waals surface area contributed by atoms with E-state index in [4.69, 9.17) is 4.99 Å². The van der Waals surface area contributed by atoms with Crippen molar-refractivity contribution in [2.24, 2.45) is 10.9 Å². The summed E-state index contributed by atoms with van der Waals surface area (Å²) in [4.78, 5) is 4.75. The molecule has 1 unspecified atom stereocenters. The van der Waals surface area contributed by atoms with Gasteiger partial charge in [0.05, 0.1) is 0 Å². The van der Waals surface area contributed by atoms with Gasteiger partial charge in [-0.1, -0.05) is 18.7 Å². The summed E-state index contributed by atoms with van der Waals surface area (Å²) in [5, 5.41) is 4.75. The molecule has 16 heavy (non-hydrogen) atoms. The molecule has 2 rings (SSSR count). The highest BCUT2D eigenvalue weighted by Crippen LogP contribution is 2.27. The van der Waals surface area contributed by atoms with E-state index in [0.29, 0.717) is 0 Å². The fraction of sp³-hybridized carbons (Fsp3) is 0.917. The Morgan fingerprint density at radius 1 is 1.44 bits per heavy atom. The zero-order valence-corrected chi connectivity index (χ0v) is 11.9. The first-order valence-corrected chi connectivity index (χ1v) is 8.39. The summed E-state index contributed by atoms with van der Waals surface area (Å²) >= 11 is 3.99. The van der Waals surface area contributed by atoms with Crippen LogP contribution in [0.15, 0.2) is 4.99 Å². The average Bonchev–Trinajstić information content (AvgIpc) is 2.71. The fourth-order valence-corrected chi connectivity index (χ4v) is 4.39. The van der Waals surface area contributed by atoms with E-state index in [1.54, 1.807) is 0 Å². The minimum atomic E-state index is 0.284. The summed E-state index contributed by atoms with van der Waals surface area (Å²) in [6.45, 7) is 5.57. The SMILES string of the molecule is CCC1(C)CSC(=NCC2CCSCC2)N1. The number of nitrogens with zero attached hydrogens (tertiary/aromatic N) is 1. The van der Waals surface area contributed by atoms with Crippen LogP contribution in [0.1, 0.15) is 33.1 Å². The molecule has 2 aliphatic heterocycles. The maximum Gasteiger partial charge on any atom is 0.157 e. The summed E-state index contributed by atoms with van der Waals surface area (Å²) in [5.74, 6) is 4.68. The van der Waals surface area contributed by atoms with Crippen LogP contribution >= 0.6 is 23.5 Å². The highest BCUT2D eigenvalue weighted by molar-refractivity contribution is 8.14. The molecule has 2 heterocycles.